The van der Waals surface area contributed by atoms with Gasteiger partial charge in [0.15, 0.2) is 0 Å². The molecular formula is C60H40N2O. The quantitative estimate of drug-likeness (QED) is 0.140. The molecule has 9 aromatic carbocycles. The van der Waals surface area contributed by atoms with Crippen molar-refractivity contribution in [2.45, 2.75) is 0 Å². The summed E-state index contributed by atoms with van der Waals surface area (Å²) in [6.07, 6.45) is 5.67. The average Bonchev–Trinajstić information content (AvgIpc) is 4.01. The molecule has 0 spiro atoms. The van der Waals surface area contributed by atoms with Crippen LogP contribution in [0.15, 0.2) is 236 Å². The molecular weight excluding hydrogens is 765 g/mol. The second kappa shape index (κ2) is 14.7. The van der Waals surface area contributed by atoms with Crippen LogP contribution in [0, 0.1) is 0 Å². The Morgan fingerprint density at radius 2 is 0.778 bits per heavy atom. The van der Waals surface area contributed by atoms with Crippen LogP contribution in [-0.2, 0) is 0 Å². The minimum absolute atomic E-state index is 0.885. The van der Waals surface area contributed by atoms with Gasteiger partial charge in [0.1, 0.15) is 11.2 Å². The van der Waals surface area contributed by atoms with E-state index in [1.165, 1.54) is 27.8 Å². The van der Waals surface area contributed by atoms with Crippen molar-refractivity contribution in [3.05, 3.63) is 237 Å². The van der Waals surface area contributed by atoms with Gasteiger partial charge in [-0.05, 0) is 117 Å². The lowest BCUT2D eigenvalue weighted by Gasteiger charge is -2.10. The Bertz CT molecular complexity index is 3770. The van der Waals surface area contributed by atoms with Crippen LogP contribution < -0.4 is 0 Å². The molecule has 0 aliphatic carbocycles. The first-order valence-electron chi connectivity index (χ1n) is 21.4. The van der Waals surface area contributed by atoms with Gasteiger partial charge in [0, 0.05) is 32.9 Å². The van der Waals surface area contributed by atoms with Gasteiger partial charge in [0.2, 0.25) is 0 Å². The van der Waals surface area contributed by atoms with Crippen LogP contribution in [0.4, 0.5) is 0 Å². The third-order valence-corrected chi connectivity index (χ3v) is 12.7. The van der Waals surface area contributed by atoms with Gasteiger partial charge in [0.25, 0.3) is 0 Å². The molecule has 0 unspecified atom stereocenters. The highest BCUT2D eigenvalue weighted by atomic mass is 16.3. The number of nitrogens with zero attached hydrogens (tertiary/aromatic N) is 2. The summed E-state index contributed by atoms with van der Waals surface area (Å²) < 4.78 is 12.2. The molecule has 296 valence electrons. The molecule has 3 nitrogen and oxygen atoms in total. The summed E-state index contributed by atoms with van der Waals surface area (Å²) >= 11 is 0. The molecule has 0 aliphatic rings. The van der Waals surface area contributed by atoms with Gasteiger partial charge in [-0.25, -0.2) is 0 Å². The predicted molar refractivity (Wildman–Crippen MR) is 267 cm³/mol. The van der Waals surface area contributed by atoms with E-state index in [9.17, 15) is 0 Å². The number of hydrogen-bond donors (Lipinski definition) is 0. The fourth-order valence-electron chi connectivity index (χ4n) is 9.72. The average molecular weight is 805 g/mol. The highest BCUT2D eigenvalue weighted by Crippen LogP contribution is 2.46. The Morgan fingerprint density at radius 3 is 1.22 bits per heavy atom. The van der Waals surface area contributed by atoms with Gasteiger partial charge in [-0.1, -0.05) is 159 Å². The summed E-state index contributed by atoms with van der Waals surface area (Å²) in [5, 5.41) is 6.68. The minimum atomic E-state index is 0.885. The van der Waals surface area contributed by atoms with Crippen LogP contribution in [-0.4, -0.2) is 9.13 Å². The van der Waals surface area contributed by atoms with Gasteiger partial charge in [0.05, 0.1) is 32.8 Å². The molecule has 0 N–H and O–H groups in total. The monoisotopic (exact) mass is 804 g/mol. The zero-order valence-electron chi connectivity index (χ0n) is 34.5. The van der Waals surface area contributed by atoms with E-state index in [1.807, 2.05) is 12.2 Å². The number of furan rings is 1. The van der Waals surface area contributed by atoms with Crippen LogP contribution in [0.2, 0.25) is 0 Å². The van der Waals surface area contributed by atoms with Gasteiger partial charge in [-0.3, -0.25) is 0 Å². The largest absolute Gasteiger partial charge is 0.455 e. The van der Waals surface area contributed by atoms with E-state index in [0.29, 0.717) is 0 Å². The highest BCUT2D eigenvalue weighted by Gasteiger charge is 2.23. The molecule has 0 radical (unpaired) electrons. The Balaban J connectivity index is 1.14. The van der Waals surface area contributed by atoms with Crippen LogP contribution >= 0.6 is 0 Å². The molecule has 3 aromatic heterocycles. The highest BCUT2D eigenvalue weighted by molar-refractivity contribution is 6.29. The first-order chi connectivity index (χ1) is 31.2. The summed E-state index contributed by atoms with van der Waals surface area (Å²) in [7, 11) is 0. The van der Waals surface area contributed by atoms with Crippen LogP contribution in [0.25, 0.3) is 116 Å². The Hall–Kier alpha value is -8.40. The normalized spacial score (nSPS) is 12.0. The van der Waals surface area contributed by atoms with Crippen molar-refractivity contribution in [1.82, 2.24) is 9.13 Å². The maximum absolute atomic E-state index is 7.40. The fraction of sp³-hybridized carbons (Fsp3) is 0. The molecule has 0 aliphatic heterocycles. The maximum atomic E-state index is 7.40. The lowest BCUT2D eigenvalue weighted by atomic mass is 10.0. The van der Waals surface area contributed by atoms with Crippen LogP contribution in [0.3, 0.4) is 0 Å². The molecule has 0 fully saturated rings. The smallest absolute Gasteiger partial charge is 0.145 e. The molecule has 0 bridgehead atoms. The third-order valence-electron chi connectivity index (χ3n) is 12.7. The van der Waals surface area contributed by atoms with E-state index in [4.69, 9.17) is 4.42 Å². The summed E-state index contributed by atoms with van der Waals surface area (Å²) in [4.78, 5) is 0. The molecule has 0 saturated carbocycles. The zero-order chi connectivity index (χ0) is 42.0. The molecule has 3 heterocycles. The maximum Gasteiger partial charge on any atom is 0.145 e. The topological polar surface area (TPSA) is 23.0 Å². The zero-order valence-corrected chi connectivity index (χ0v) is 34.5. The Morgan fingerprint density at radius 1 is 0.381 bits per heavy atom. The van der Waals surface area contributed by atoms with Crippen LogP contribution in [0.5, 0.6) is 0 Å². The van der Waals surface area contributed by atoms with E-state index in [0.717, 1.165) is 93.6 Å². The summed E-state index contributed by atoms with van der Waals surface area (Å²) in [6, 6.07) is 72.2. The van der Waals surface area contributed by atoms with Crippen molar-refractivity contribution in [1.29, 1.82) is 0 Å². The van der Waals surface area contributed by atoms with E-state index in [-0.39, 0.29) is 0 Å². The molecule has 0 amide bonds. The van der Waals surface area contributed by atoms with Crippen molar-refractivity contribution in [3.8, 4) is 44.8 Å². The molecule has 0 saturated heterocycles. The third kappa shape index (κ3) is 5.82. The SMILES string of the molecule is C=C/C=C(\C=C)c1ccc(-n2c3ccc(-c4ccccc4)cc3c3c4oc5c(ccc6c5c5cc(-c7ccccc7)ccc5n6-c5ccc(-c6ccccc6)cc5)c4ccc32)cc1. The Kier molecular flexibility index (Phi) is 8.48. The van der Waals surface area contributed by atoms with Gasteiger partial charge >= 0.3 is 0 Å². The van der Waals surface area contributed by atoms with Crippen molar-refractivity contribution in [3.63, 3.8) is 0 Å². The number of fused-ring (bicyclic) bond motifs is 11. The first kappa shape index (κ1) is 36.5. The second-order valence-corrected chi connectivity index (χ2v) is 16.2. The van der Waals surface area contributed by atoms with E-state index in [1.54, 1.807) is 6.08 Å². The van der Waals surface area contributed by atoms with E-state index < -0.39 is 0 Å². The molecule has 63 heavy (non-hydrogen) atoms. The lowest BCUT2D eigenvalue weighted by Crippen LogP contribution is -1.94. The standard InChI is InChI=1S/C60H40N2O/c1-3-14-39(4-2)43-21-27-47(28-22-43)61-53-33-25-45(41-17-10-6-11-18-41)37-51(53)57-55(61)35-31-49-50-32-36-56-58(60(50)63-59(49)57)52-38-46(42-19-12-7-13-20-42)26-34-54(52)62(56)48-29-23-44(24-30-48)40-15-8-5-9-16-40/h3-38H,1-2H2/b39-14+. The predicted octanol–water partition coefficient (Wildman–Crippen LogP) is 16.5. The van der Waals surface area contributed by atoms with Crippen molar-refractivity contribution >= 4 is 71.1 Å². The number of allylic oxidation sites excluding steroid dienone is 4. The van der Waals surface area contributed by atoms with Gasteiger partial charge in [-0.2, -0.15) is 0 Å². The van der Waals surface area contributed by atoms with Crippen molar-refractivity contribution in [2.75, 3.05) is 0 Å². The number of hydrogen-bond acceptors (Lipinski definition) is 1. The van der Waals surface area contributed by atoms with E-state index >= 15 is 0 Å². The minimum Gasteiger partial charge on any atom is -0.455 e. The second-order valence-electron chi connectivity index (χ2n) is 16.2. The number of aromatic nitrogens is 2. The number of benzene rings is 9. The number of rotatable bonds is 8. The van der Waals surface area contributed by atoms with Crippen molar-refractivity contribution < 1.29 is 4.42 Å². The fourth-order valence-corrected chi connectivity index (χ4v) is 9.72. The van der Waals surface area contributed by atoms with Gasteiger partial charge in [-0.15, -0.1) is 0 Å². The van der Waals surface area contributed by atoms with E-state index in [2.05, 4.69) is 222 Å². The van der Waals surface area contributed by atoms with Crippen molar-refractivity contribution in [2.24, 2.45) is 0 Å². The molecule has 0 atom stereocenters. The molecule has 12 aromatic rings. The van der Waals surface area contributed by atoms with Gasteiger partial charge < -0.3 is 13.6 Å². The lowest BCUT2D eigenvalue weighted by molar-refractivity contribution is 0.677. The molecule has 12 rings (SSSR count). The summed E-state index contributed by atoms with van der Waals surface area (Å²) in [6.45, 7) is 7.95. The van der Waals surface area contributed by atoms with Crippen LogP contribution in [0.1, 0.15) is 5.56 Å². The molecule has 3 heteroatoms. The summed E-state index contributed by atoms with van der Waals surface area (Å²) in [5.74, 6) is 0. The Labute approximate surface area is 365 Å². The first-order valence-corrected chi connectivity index (χ1v) is 21.4. The summed E-state index contributed by atoms with van der Waals surface area (Å²) in [5.41, 5.74) is 17.6.